The summed E-state index contributed by atoms with van der Waals surface area (Å²) in [6, 6.07) is 8.99. The van der Waals surface area contributed by atoms with E-state index in [9.17, 15) is 21.6 Å². The highest BCUT2D eigenvalue weighted by atomic mass is 32.2. The lowest BCUT2D eigenvalue weighted by molar-refractivity contribution is -0.137. The number of benzene rings is 1. The summed E-state index contributed by atoms with van der Waals surface area (Å²) in [4.78, 5) is 3.74. The van der Waals surface area contributed by atoms with Crippen molar-refractivity contribution in [2.45, 2.75) is 29.8 Å². The predicted molar refractivity (Wildman–Crippen MR) is 99.7 cm³/mol. The summed E-state index contributed by atoms with van der Waals surface area (Å²) in [6.45, 7) is 0.249. The molecule has 0 saturated carbocycles. The third-order valence-electron chi connectivity index (χ3n) is 4.86. The van der Waals surface area contributed by atoms with Gasteiger partial charge in [-0.25, -0.2) is 8.42 Å². The van der Waals surface area contributed by atoms with Crippen LogP contribution in [0.15, 0.2) is 58.0 Å². The van der Waals surface area contributed by atoms with Crippen molar-refractivity contribution in [3.05, 3.63) is 60.1 Å². The summed E-state index contributed by atoms with van der Waals surface area (Å²) in [5, 5.41) is 8.00. The molecule has 4 rings (SSSR count). The monoisotopic (exact) mass is 438 g/mol. The SMILES string of the molecule is O=S(=O)(c1cccc(C(F)(F)F)c1)N1CCC[C@@H](c2nnc(-c3ccccn3)o2)C1. The number of pyridine rings is 1. The fourth-order valence-electron chi connectivity index (χ4n) is 3.34. The maximum Gasteiger partial charge on any atom is 0.416 e. The highest BCUT2D eigenvalue weighted by Crippen LogP contribution is 2.33. The summed E-state index contributed by atoms with van der Waals surface area (Å²) in [5.74, 6) is 0.146. The Morgan fingerprint density at radius 2 is 1.93 bits per heavy atom. The van der Waals surface area contributed by atoms with Gasteiger partial charge in [0.15, 0.2) is 0 Å². The van der Waals surface area contributed by atoms with E-state index >= 15 is 0 Å². The van der Waals surface area contributed by atoms with E-state index < -0.39 is 26.7 Å². The van der Waals surface area contributed by atoms with Crippen LogP contribution in [0, 0.1) is 0 Å². The summed E-state index contributed by atoms with van der Waals surface area (Å²) in [7, 11) is -4.10. The average Bonchev–Trinajstić information content (AvgIpc) is 3.24. The molecular formula is C19H17F3N4O3S. The molecule has 1 aliphatic heterocycles. The molecule has 0 aliphatic carbocycles. The number of alkyl halides is 3. The minimum absolute atomic E-state index is 0.0441. The second-order valence-electron chi connectivity index (χ2n) is 6.89. The third kappa shape index (κ3) is 4.08. The topological polar surface area (TPSA) is 89.2 Å². The normalized spacial score (nSPS) is 18.4. The number of hydrogen-bond acceptors (Lipinski definition) is 6. The van der Waals surface area contributed by atoms with Crippen molar-refractivity contribution in [2.75, 3.05) is 13.1 Å². The number of halogens is 3. The van der Waals surface area contributed by atoms with Gasteiger partial charge in [-0.05, 0) is 43.2 Å². The van der Waals surface area contributed by atoms with Gasteiger partial charge in [0.1, 0.15) is 5.69 Å². The molecule has 0 bridgehead atoms. The maximum atomic E-state index is 13.0. The van der Waals surface area contributed by atoms with Crippen LogP contribution < -0.4 is 0 Å². The van der Waals surface area contributed by atoms with Crippen molar-refractivity contribution in [2.24, 2.45) is 0 Å². The molecule has 0 amide bonds. The number of piperidine rings is 1. The van der Waals surface area contributed by atoms with Crippen LogP contribution in [-0.4, -0.2) is 41.0 Å². The number of hydrogen-bond donors (Lipinski definition) is 0. The minimum Gasteiger partial charge on any atom is -0.419 e. The van der Waals surface area contributed by atoms with Crippen molar-refractivity contribution < 1.29 is 26.0 Å². The number of sulfonamides is 1. The van der Waals surface area contributed by atoms with Gasteiger partial charge in [-0.3, -0.25) is 4.98 Å². The zero-order chi connectivity index (χ0) is 21.4. The molecule has 1 saturated heterocycles. The van der Waals surface area contributed by atoms with Gasteiger partial charge < -0.3 is 4.42 Å². The summed E-state index contributed by atoms with van der Waals surface area (Å²) in [6.07, 6.45) is -1.90. The van der Waals surface area contributed by atoms with Gasteiger partial charge in [0.2, 0.25) is 15.9 Å². The molecule has 7 nitrogen and oxygen atoms in total. The Kier molecular flexibility index (Phi) is 5.33. The Hall–Kier alpha value is -2.79. The quantitative estimate of drug-likeness (QED) is 0.617. The second-order valence-corrected chi connectivity index (χ2v) is 8.83. The Morgan fingerprint density at radius 1 is 1.10 bits per heavy atom. The maximum absolute atomic E-state index is 13.0. The van der Waals surface area contributed by atoms with E-state index in [1.165, 1.54) is 10.4 Å². The number of aromatic nitrogens is 3. The first-order valence-corrected chi connectivity index (χ1v) is 10.6. The molecule has 3 heterocycles. The first kappa shape index (κ1) is 20.5. The summed E-state index contributed by atoms with van der Waals surface area (Å²) in [5.41, 5.74) is -0.505. The smallest absolute Gasteiger partial charge is 0.416 e. The van der Waals surface area contributed by atoms with E-state index in [0.717, 1.165) is 12.1 Å². The lowest BCUT2D eigenvalue weighted by Crippen LogP contribution is -2.39. The van der Waals surface area contributed by atoms with Crippen LogP contribution in [0.5, 0.6) is 0 Å². The van der Waals surface area contributed by atoms with Crippen LogP contribution in [0.3, 0.4) is 0 Å². The molecule has 1 atom stereocenters. The molecule has 0 N–H and O–H groups in total. The molecule has 11 heteroatoms. The highest BCUT2D eigenvalue weighted by Gasteiger charge is 2.36. The largest absolute Gasteiger partial charge is 0.419 e. The Bertz CT molecular complexity index is 1130. The zero-order valence-corrected chi connectivity index (χ0v) is 16.4. The van der Waals surface area contributed by atoms with E-state index in [1.807, 2.05) is 0 Å². The Balaban J connectivity index is 1.56. The molecule has 158 valence electrons. The number of rotatable bonds is 4. The molecule has 1 aromatic carbocycles. The third-order valence-corrected chi connectivity index (χ3v) is 6.72. The van der Waals surface area contributed by atoms with Gasteiger partial charge in [0.25, 0.3) is 5.89 Å². The predicted octanol–water partition coefficient (Wildman–Crippen LogP) is 3.72. The molecule has 0 radical (unpaired) electrons. The lowest BCUT2D eigenvalue weighted by Gasteiger charge is -2.30. The first-order chi connectivity index (χ1) is 14.2. The molecular weight excluding hydrogens is 421 g/mol. The van der Waals surface area contributed by atoms with Gasteiger partial charge in [-0.2, -0.15) is 17.5 Å². The van der Waals surface area contributed by atoms with Gasteiger partial charge >= 0.3 is 6.18 Å². The fourth-order valence-corrected chi connectivity index (χ4v) is 4.91. The molecule has 1 aliphatic rings. The van der Waals surface area contributed by atoms with Crippen LogP contribution in [0.4, 0.5) is 13.2 Å². The van der Waals surface area contributed by atoms with Gasteiger partial charge in [0, 0.05) is 19.3 Å². The fraction of sp³-hybridized carbons (Fsp3) is 0.316. The van der Waals surface area contributed by atoms with Crippen molar-refractivity contribution in [3.63, 3.8) is 0 Å². The zero-order valence-electron chi connectivity index (χ0n) is 15.6. The highest BCUT2D eigenvalue weighted by molar-refractivity contribution is 7.89. The average molecular weight is 438 g/mol. The minimum atomic E-state index is -4.62. The Morgan fingerprint density at radius 3 is 2.67 bits per heavy atom. The summed E-state index contributed by atoms with van der Waals surface area (Å²) < 4.78 is 71.7. The van der Waals surface area contributed by atoms with E-state index in [0.29, 0.717) is 24.6 Å². The molecule has 0 spiro atoms. The molecule has 0 unspecified atom stereocenters. The second kappa shape index (κ2) is 7.80. The van der Waals surface area contributed by atoms with Crippen molar-refractivity contribution in [3.8, 4) is 11.6 Å². The first-order valence-electron chi connectivity index (χ1n) is 9.17. The van der Waals surface area contributed by atoms with Crippen LogP contribution in [0.2, 0.25) is 0 Å². The number of nitrogens with zero attached hydrogens (tertiary/aromatic N) is 4. The lowest BCUT2D eigenvalue weighted by atomic mass is 10.00. The van der Waals surface area contributed by atoms with Crippen molar-refractivity contribution in [1.82, 2.24) is 19.5 Å². The van der Waals surface area contributed by atoms with E-state index in [1.54, 1.807) is 24.4 Å². The van der Waals surface area contributed by atoms with Crippen LogP contribution in [-0.2, 0) is 16.2 Å². The molecule has 30 heavy (non-hydrogen) atoms. The van der Waals surface area contributed by atoms with Crippen LogP contribution >= 0.6 is 0 Å². The van der Waals surface area contributed by atoms with Gasteiger partial charge in [-0.15, -0.1) is 10.2 Å². The van der Waals surface area contributed by atoms with E-state index in [4.69, 9.17) is 4.42 Å². The summed E-state index contributed by atoms with van der Waals surface area (Å²) >= 11 is 0. The molecule has 1 fully saturated rings. The van der Waals surface area contributed by atoms with Crippen LogP contribution in [0.1, 0.15) is 30.2 Å². The van der Waals surface area contributed by atoms with Crippen LogP contribution in [0.25, 0.3) is 11.6 Å². The van der Waals surface area contributed by atoms with Gasteiger partial charge in [0.05, 0.1) is 16.4 Å². The van der Waals surface area contributed by atoms with E-state index in [2.05, 4.69) is 15.2 Å². The van der Waals surface area contributed by atoms with Crippen molar-refractivity contribution >= 4 is 10.0 Å². The standard InChI is InChI=1S/C19H17F3N4O3S/c20-19(21,22)14-6-3-7-15(11-14)30(27,28)26-10-4-5-13(12-26)17-24-25-18(29-17)16-8-1-2-9-23-16/h1-3,6-9,11,13H,4-5,10,12H2/t13-/m1/s1. The Labute approximate surface area is 170 Å². The molecule has 2 aromatic heterocycles. The molecule has 3 aromatic rings. The van der Waals surface area contributed by atoms with Crippen molar-refractivity contribution in [1.29, 1.82) is 0 Å². The van der Waals surface area contributed by atoms with E-state index in [-0.39, 0.29) is 30.8 Å². The van der Waals surface area contributed by atoms with Gasteiger partial charge in [-0.1, -0.05) is 12.1 Å².